The van der Waals surface area contributed by atoms with Gasteiger partial charge in [-0.3, -0.25) is 0 Å². The van der Waals surface area contributed by atoms with Crippen molar-refractivity contribution in [3.05, 3.63) is 126 Å². The van der Waals surface area contributed by atoms with Crippen molar-refractivity contribution in [1.29, 1.82) is 0 Å². The van der Waals surface area contributed by atoms with Gasteiger partial charge < -0.3 is 0 Å². The standard InChI is InChI=1S/3C9H9.In/c3*1-2-6-9-7-4-3-5-8-9;/h3*2-8H,1H2;/b3*6-2+;. The molecule has 0 saturated carbocycles. The molecule has 28 heavy (non-hydrogen) atoms. The van der Waals surface area contributed by atoms with E-state index in [4.69, 9.17) is 0 Å². The molecule has 0 heterocycles. The first-order valence-electron chi connectivity index (χ1n) is 10.0. The molecule has 0 fully saturated rings. The second kappa shape index (κ2) is 12.3. The SMILES string of the molecule is C(=C\c1ccccc1)/[CH2][In]([CH2]/C=C/c1ccccc1)[CH2]/C=C/c1ccccc1. The predicted octanol–water partition coefficient (Wildman–Crippen LogP) is 7.62. The summed E-state index contributed by atoms with van der Waals surface area (Å²) in [5.74, 6) is 0. The number of benzene rings is 3. The van der Waals surface area contributed by atoms with Gasteiger partial charge in [0.25, 0.3) is 0 Å². The third-order valence-corrected chi connectivity index (χ3v) is 12.8. The molecular formula is C27H27In. The van der Waals surface area contributed by atoms with Gasteiger partial charge in [-0.2, -0.15) is 0 Å². The summed E-state index contributed by atoms with van der Waals surface area (Å²) in [7, 11) is 0. The van der Waals surface area contributed by atoms with Crippen molar-refractivity contribution in [2.45, 2.75) is 12.5 Å². The van der Waals surface area contributed by atoms with Gasteiger partial charge in [0.1, 0.15) is 0 Å². The van der Waals surface area contributed by atoms with Crippen molar-refractivity contribution in [2.75, 3.05) is 0 Å². The average Bonchev–Trinajstić information content (AvgIpc) is 2.76. The van der Waals surface area contributed by atoms with Crippen molar-refractivity contribution in [3.8, 4) is 0 Å². The van der Waals surface area contributed by atoms with Crippen LogP contribution in [0, 0.1) is 0 Å². The molecule has 1 heteroatoms. The molecule has 0 atom stereocenters. The van der Waals surface area contributed by atoms with Crippen LogP contribution >= 0.6 is 0 Å². The summed E-state index contributed by atoms with van der Waals surface area (Å²) in [4.78, 5) is 0. The Hall–Kier alpha value is -2.25. The quantitative estimate of drug-likeness (QED) is 0.304. The molecule has 3 aromatic rings. The Morgan fingerprint density at radius 1 is 0.429 bits per heavy atom. The Bertz CT molecular complexity index is 755. The molecule has 3 rings (SSSR count). The maximum absolute atomic E-state index is 2.41. The van der Waals surface area contributed by atoms with Crippen LogP contribution in [0.1, 0.15) is 16.7 Å². The zero-order chi connectivity index (χ0) is 19.3. The molecule has 0 radical (unpaired) electrons. The summed E-state index contributed by atoms with van der Waals surface area (Å²) in [6, 6.07) is 31.9. The first kappa shape index (κ1) is 20.5. The van der Waals surface area contributed by atoms with Gasteiger partial charge >= 0.3 is 178 Å². The molecule has 0 spiro atoms. The Balaban J connectivity index is 1.59. The van der Waals surface area contributed by atoms with Crippen LogP contribution in [0.5, 0.6) is 0 Å². The minimum absolute atomic E-state index is 1.29. The van der Waals surface area contributed by atoms with Gasteiger partial charge in [-0.15, -0.1) is 0 Å². The van der Waals surface area contributed by atoms with Gasteiger partial charge in [-0.25, -0.2) is 0 Å². The number of rotatable bonds is 9. The third-order valence-electron chi connectivity index (χ3n) is 4.74. The molecule has 0 bridgehead atoms. The van der Waals surface area contributed by atoms with E-state index in [2.05, 4.69) is 127 Å². The summed E-state index contributed by atoms with van der Waals surface area (Å²) in [5.41, 5.74) is 3.89. The molecule has 0 aliphatic rings. The zero-order valence-electron chi connectivity index (χ0n) is 16.3. The van der Waals surface area contributed by atoms with E-state index in [1.165, 1.54) is 29.2 Å². The van der Waals surface area contributed by atoms with Gasteiger partial charge in [0, 0.05) is 0 Å². The van der Waals surface area contributed by atoms with Crippen LogP contribution in [0.25, 0.3) is 18.2 Å². The molecule has 0 amide bonds. The van der Waals surface area contributed by atoms with Crippen LogP contribution in [0.4, 0.5) is 0 Å². The van der Waals surface area contributed by atoms with E-state index < -0.39 is 21.4 Å². The van der Waals surface area contributed by atoms with E-state index >= 15 is 0 Å². The maximum atomic E-state index is 2.41. The molecule has 0 saturated heterocycles. The number of hydrogen-bond acceptors (Lipinski definition) is 0. The van der Waals surface area contributed by atoms with Crippen LogP contribution in [0.3, 0.4) is 0 Å². The van der Waals surface area contributed by atoms with Crippen LogP contribution in [-0.4, -0.2) is 21.4 Å². The molecule has 0 aliphatic carbocycles. The van der Waals surface area contributed by atoms with Crippen LogP contribution < -0.4 is 0 Å². The summed E-state index contributed by atoms with van der Waals surface area (Å²) in [6.07, 6.45) is 14.1. The Labute approximate surface area is 177 Å². The summed E-state index contributed by atoms with van der Waals surface area (Å²) in [5, 5.41) is 0. The monoisotopic (exact) mass is 466 g/mol. The molecule has 0 N–H and O–H groups in total. The van der Waals surface area contributed by atoms with E-state index in [0.717, 1.165) is 0 Å². The van der Waals surface area contributed by atoms with Gasteiger partial charge in [0.15, 0.2) is 0 Å². The van der Waals surface area contributed by atoms with Gasteiger partial charge in [-0.05, 0) is 0 Å². The summed E-state index contributed by atoms with van der Waals surface area (Å²) < 4.78 is 3.86. The van der Waals surface area contributed by atoms with E-state index in [-0.39, 0.29) is 0 Å². The topological polar surface area (TPSA) is 0 Å². The third kappa shape index (κ3) is 7.78. The van der Waals surface area contributed by atoms with Crippen LogP contribution in [0.15, 0.2) is 109 Å². The second-order valence-electron chi connectivity index (χ2n) is 7.01. The Morgan fingerprint density at radius 3 is 1.00 bits per heavy atom. The van der Waals surface area contributed by atoms with Crippen LogP contribution in [-0.2, 0) is 0 Å². The zero-order valence-corrected chi connectivity index (χ0v) is 19.6. The van der Waals surface area contributed by atoms with E-state index in [9.17, 15) is 0 Å². The van der Waals surface area contributed by atoms with Gasteiger partial charge in [0.2, 0.25) is 0 Å². The molecule has 0 nitrogen and oxygen atoms in total. The van der Waals surface area contributed by atoms with E-state index in [0.29, 0.717) is 0 Å². The second-order valence-corrected chi connectivity index (χ2v) is 16.0. The summed E-state index contributed by atoms with van der Waals surface area (Å²) >= 11 is -1.69. The molecule has 0 unspecified atom stereocenters. The van der Waals surface area contributed by atoms with Gasteiger partial charge in [-0.1, -0.05) is 0 Å². The van der Waals surface area contributed by atoms with Crippen molar-refractivity contribution in [2.24, 2.45) is 0 Å². The van der Waals surface area contributed by atoms with E-state index in [1.807, 2.05) is 0 Å². The number of allylic oxidation sites excluding steroid dienone is 3. The normalized spacial score (nSPS) is 11.6. The molecule has 3 aromatic carbocycles. The van der Waals surface area contributed by atoms with Crippen molar-refractivity contribution < 1.29 is 0 Å². The Morgan fingerprint density at radius 2 is 0.714 bits per heavy atom. The first-order chi connectivity index (χ1) is 13.9. The van der Waals surface area contributed by atoms with Crippen molar-refractivity contribution in [1.82, 2.24) is 0 Å². The van der Waals surface area contributed by atoms with Crippen LogP contribution in [0.2, 0.25) is 12.5 Å². The molecule has 0 aliphatic heterocycles. The minimum atomic E-state index is -1.69. The molecule has 138 valence electrons. The summed E-state index contributed by atoms with van der Waals surface area (Å²) in [6.45, 7) is 0. The molecular weight excluding hydrogens is 439 g/mol. The fraction of sp³-hybridized carbons (Fsp3) is 0.111. The first-order valence-corrected chi connectivity index (χ1v) is 17.0. The predicted molar refractivity (Wildman–Crippen MR) is 127 cm³/mol. The van der Waals surface area contributed by atoms with E-state index in [1.54, 1.807) is 0 Å². The number of hydrogen-bond donors (Lipinski definition) is 0. The average molecular weight is 466 g/mol. The Kier molecular flexibility index (Phi) is 8.97. The van der Waals surface area contributed by atoms with Gasteiger partial charge in [0.05, 0.1) is 0 Å². The van der Waals surface area contributed by atoms with Crippen molar-refractivity contribution >= 4 is 39.7 Å². The fourth-order valence-electron chi connectivity index (χ4n) is 3.17. The molecule has 0 aromatic heterocycles. The fourth-order valence-corrected chi connectivity index (χ4v) is 9.28. The van der Waals surface area contributed by atoms with Crippen molar-refractivity contribution in [3.63, 3.8) is 0 Å².